The smallest absolute Gasteiger partial charge is 0.420 e. The Morgan fingerprint density at radius 2 is 1.79 bits per heavy atom. The van der Waals surface area contributed by atoms with E-state index >= 15 is 0 Å². The monoisotopic (exact) mass is 347 g/mol. The van der Waals surface area contributed by atoms with Gasteiger partial charge in [0, 0.05) is 5.69 Å². The zero-order valence-corrected chi connectivity index (χ0v) is 13.9. The van der Waals surface area contributed by atoms with Crippen LogP contribution >= 0.6 is 0 Å². The van der Waals surface area contributed by atoms with Gasteiger partial charge in [-0.3, -0.25) is 4.79 Å². The molecule has 24 heavy (non-hydrogen) atoms. The number of anilines is 1. The third-order valence-electron chi connectivity index (χ3n) is 3.79. The minimum Gasteiger partial charge on any atom is -0.496 e. The van der Waals surface area contributed by atoms with E-state index in [0.717, 1.165) is 19.2 Å². The number of benzene rings is 1. The van der Waals surface area contributed by atoms with Gasteiger partial charge in [-0.25, -0.2) is 0 Å². The summed E-state index contributed by atoms with van der Waals surface area (Å²) in [6.45, 7) is 5.29. The second kappa shape index (κ2) is 6.25. The summed E-state index contributed by atoms with van der Waals surface area (Å²) < 4.78 is 54.8. The number of halogens is 3. The first-order chi connectivity index (χ1) is 11.0. The fourth-order valence-corrected chi connectivity index (χ4v) is 2.17. The topological polar surface area (TPSA) is 56.8 Å². The van der Waals surface area contributed by atoms with Gasteiger partial charge in [-0.15, -0.1) is 0 Å². The van der Waals surface area contributed by atoms with Crippen LogP contribution in [0.1, 0.15) is 26.3 Å². The maximum Gasteiger partial charge on any atom is 0.420 e. The molecule has 1 fully saturated rings. The first kappa shape index (κ1) is 18.5. The molecule has 134 valence electrons. The van der Waals surface area contributed by atoms with Crippen molar-refractivity contribution in [3.63, 3.8) is 0 Å². The van der Waals surface area contributed by atoms with Crippen LogP contribution in [0, 0.1) is 5.41 Å². The Morgan fingerprint density at radius 3 is 2.29 bits per heavy atom. The maximum absolute atomic E-state index is 13.0. The van der Waals surface area contributed by atoms with Crippen molar-refractivity contribution in [1.29, 1.82) is 0 Å². The first-order valence-electron chi connectivity index (χ1n) is 7.31. The normalized spacial score (nSPS) is 19.6. The third kappa shape index (κ3) is 3.99. The van der Waals surface area contributed by atoms with Crippen LogP contribution in [0.15, 0.2) is 18.2 Å². The largest absolute Gasteiger partial charge is 0.496 e. The van der Waals surface area contributed by atoms with Crippen LogP contribution in [0.2, 0.25) is 0 Å². The molecule has 5 nitrogen and oxygen atoms in total. The van der Waals surface area contributed by atoms with Crippen LogP contribution in [0.3, 0.4) is 0 Å². The van der Waals surface area contributed by atoms with E-state index in [0.29, 0.717) is 0 Å². The van der Waals surface area contributed by atoms with Crippen LogP contribution in [0.5, 0.6) is 5.75 Å². The van der Waals surface area contributed by atoms with E-state index in [-0.39, 0.29) is 24.7 Å². The lowest BCUT2D eigenvalue weighted by Crippen LogP contribution is -2.50. The van der Waals surface area contributed by atoms with Gasteiger partial charge in [0.1, 0.15) is 5.75 Å². The predicted octanol–water partition coefficient (Wildman–Crippen LogP) is 3.44. The Labute approximate surface area is 138 Å². The SMILES string of the molecule is COc1ccc(NC(=O)C2(C)COC(C)(C)OC2)cc1C(F)(F)F. The molecule has 1 aliphatic heterocycles. The number of alkyl halides is 3. The molecule has 1 saturated heterocycles. The number of hydrogen-bond acceptors (Lipinski definition) is 4. The molecule has 0 atom stereocenters. The van der Waals surface area contributed by atoms with E-state index in [1.165, 1.54) is 6.07 Å². The molecule has 1 aromatic carbocycles. The molecule has 1 N–H and O–H groups in total. The number of hydrogen-bond donors (Lipinski definition) is 1. The van der Waals surface area contributed by atoms with Crippen molar-refractivity contribution in [2.45, 2.75) is 32.7 Å². The molecule has 0 bridgehead atoms. The van der Waals surface area contributed by atoms with Crippen LogP contribution in [0.25, 0.3) is 0 Å². The van der Waals surface area contributed by atoms with Gasteiger partial charge in [0.15, 0.2) is 5.79 Å². The molecule has 0 unspecified atom stereocenters. The van der Waals surface area contributed by atoms with Gasteiger partial charge < -0.3 is 19.5 Å². The Kier molecular flexibility index (Phi) is 4.83. The summed E-state index contributed by atoms with van der Waals surface area (Å²) in [5, 5.41) is 2.49. The Balaban J connectivity index is 2.18. The van der Waals surface area contributed by atoms with Gasteiger partial charge in [0.2, 0.25) is 5.91 Å². The molecule has 1 amide bonds. The fourth-order valence-electron chi connectivity index (χ4n) is 2.17. The van der Waals surface area contributed by atoms with E-state index in [4.69, 9.17) is 14.2 Å². The highest BCUT2D eigenvalue weighted by molar-refractivity contribution is 5.95. The zero-order chi connectivity index (χ0) is 18.2. The minimum atomic E-state index is -4.59. The quantitative estimate of drug-likeness (QED) is 0.910. The molecule has 8 heteroatoms. The van der Waals surface area contributed by atoms with Gasteiger partial charge in [-0.2, -0.15) is 13.2 Å². The maximum atomic E-state index is 13.0. The summed E-state index contributed by atoms with van der Waals surface area (Å²) in [6.07, 6.45) is -4.59. The minimum absolute atomic E-state index is 0.0270. The highest BCUT2D eigenvalue weighted by atomic mass is 19.4. The fraction of sp³-hybridized carbons (Fsp3) is 0.562. The van der Waals surface area contributed by atoms with Crippen molar-refractivity contribution in [3.8, 4) is 5.75 Å². The number of amides is 1. The van der Waals surface area contributed by atoms with Crippen molar-refractivity contribution in [3.05, 3.63) is 23.8 Å². The van der Waals surface area contributed by atoms with E-state index in [1.807, 2.05) is 0 Å². The molecule has 0 saturated carbocycles. The highest BCUT2D eigenvalue weighted by Crippen LogP contribution is 2.38. The number of rotatable bonds is 3. The summed E-state index contributed by atoms with van der Waals surface area (Å²) in [4.78, 5) is 12.4. The van der Waals surface area contributed by atoms with Gasteiger partial charge in [0.05, 0.1) is 31.3 Å². The van der Waals surface area contributed by atoms with E-state index < -0.39 is 28.8 Å². The van der Waals surface area contributed by atoms with Crippen LogP contribution in [0.4, 0.5) is 18.9 Å². The average molecular weight is 347 g/mol. The van der Waals surface area contributed by atoms with E-state index in [1.54, 1.807) is 20.8 Å². The average Bonchev–Trinajstić information content (AvgIpc) is 2.49. The number of nitrogens with one attached hydrogen (secondary N) is 1. The molecular weight excluding hydrogens is 327 g/mol. The van der Waals surface area contributed by atoms with Crippen LogP contribution in [-0.4, -0.2) is 32.0 Å². The predicted molar refractivity (Wildman–Crippen MR) is 80.7 cm³/mol. The molecular formula is C16H20F3NO4. The second-order valence-electron chi connectivity index (χ2n) is 6.40. The first-order valence-corrected chi connectivity index (χ1v) is 7.31. The van der Waals surface area contributed by atoms with Crippen molar-refractivity contribution < 1.29 is 32.2 Å². The number of ether oxygens (including phenoxy) is 3. The Hall–Kier alpha value is -1.80. The lowest BCUT2D eigenvalue weighted by Gasteiger charge is -2.40. The van der Waals surface area contributed by atoms with Gasteiger partial charge in [-0.05, 0) is 39.0 Å². The molecule has 0 radical (unpaired) electrons. The van der Waals surface area contributed by atoms with E-state index in [9.17, 15) is 18.0 Å². The summed E-state index contributed by atoms with van der Waals surface area (Å²) in [5.74, 6) is -1.57. The second-order valence-corrected chi connectivity index (χ2v) is 6.40. The number of methoxy groups -OCH3 is 1. The van der Waals surface area contributed by atoms with Crippen molar-refractivity contribution >= 4 is 11.6 Å². The molecule has 0 aliphatic carbocycles. The lowest BCUT2D eigenvalue weighted by molar-refractivity contribution is -0.276. The number of carbonyl (C=O) groups excluding carboxylic acids is 1. The van der Waals surface area contributed by atoms with Gasteiger partial charge in [0.25, 0.3) is 0 Å². The molecule has 1 aliphatic rings. The highest BCUT2D eigenvalue weighted by Gasteiger charge is 2.42. The standard InChI is InChI=1S/C16H20F3NO4/c1-14(2)23-8-15(3,9-24-14)13(21)20-10-5-6-12(22-4)11(7-10)16(17,18)19/h5-7H,8-9H2,1-4H3,(H,20,21). The molecule has 0 spiro atoms. The van der Waals surface area contributed by atoms with Crippen molar-refractivity contribution in [1.82, 2.24) is 0 Å². The molecule has 1 heterocycles. The molecule has 2 rings (SSSR count). The Morgan fingerprint density at radius 1 is 1.21 bits per heavy atom. The summed E-state index contributed by atoms with van der Waals surface area (Å²) >= 11 is 0. The summed E-state index contributed by atoms with van der Waals surface area (Å²) in [7, 11) is 1.16. The third-order valence-corrected chi connectivity index (χ3v) is 3.79. The van der Waals surface area contributed by atoms with Crippen LogP contribution in [-0.2, 0) is 20.4 Å². The Bertz CT molecular complexity index is 618. The van der Waals surface area contributed by atoms with Crippen LogP contribution < -0.4 is 10.1 Å². The van der Waals surface area contributed by atoms with E-state index in [2.05, 4.69) is 5.32 Å². The summed E-state index contributed by atoms with van der Waals surface area (Å²) in [6, 6.07) is 3.36. The zero-order valence-electron chi connectivity index (χ0n) is 13.9. The van der Waals surface area contributed by atoms with Crippen molar-refractivity contribution in [2.24, 2.45) is 5.41 Å². The summed E-state index contributed by atoms with van der Waals surface area (Å²) in [5.41, 5.74) is -1.92. The van der Waals surface area contributed by atoms with Crippen molar-refractivity contribution in [2.75, 3.05) is 25.6 Å². The molecule has 0 aromatic heterocycles. The number of carbonyl (C=O) groups is 1. The van der Waals surface area contributed by atoms with Gasteiger partial charge >= 0.3 is 6.18 Å². The lowest BCUT2D eigenvalue weighted by atomic mass is 9.90. The molecule has 1 aromatic rings. The van der Waals surface area contributed by atoms with Gasteiger partial charge in [-0.1, -0.05) is 0 Å².